The van der Waals surface area contributed by atoms with E-state index in [0.29, 0.717) is 0 Å². The molecule has 1 aromatic heterocycles. The van der Waals surface area contributed by atoms with Gasteiger partial charge in [-0.1, -0.05) is 146 Å². The predicted molar refractivity (Wildman–Crippen MR) is 208 cm³/mol. The van der Waals surface area contributed by atoms with Gasteiger partial charge in [-0.25, -0.2) is 0 Å². The van der Waals surface area contributed by atoms with Crippen molar-refractivity contribution in [1.29, 1.82) is 0 Å². The maximum Gasteiger partial charge on any atom is 0.0554 e. The zero-order chi connectivity index (χ0) is 31.9. The molecule has 0 atom stereocenters. The molecule has 8 aromatic carbocycles. The quantitative estimate of drug-likeness (QED) is 0.177. The van der Waals surface area contributed by atoms with Gasteiger partial charge in [-0.2, -0.15) is 0 Å². The van der Waals surface area contributed by atoms with Crippen LogP contribution in [0, 0.1) is 0 Å². The van der Waals surface area contributed by atoms with E-state index in [2.05, 4.69) is 193 Å². The molecule has 0 aliphatic heterocycles. The van der Waals surface area contributed by atoms with Crippen molar-refractivity contribution in [3.8, 4) is 33.4 Å². The van der Waals surface area contributed by atoms with Crippen LogP contribution in [0.4, 0.5) is 17.1 Å². The molecule has 0 unspecified atom stereocenters. The lowest BCUT2D eigenvalue weighted by Crippen LogP contribution is -2.10. The van der Waals surface area contributed by atoms with Gasteiger partial charge in [0, 0.05) is 31.5 Å². The second kappa shape index (κ2) is 12.0. The average molecular weight is 630 g/mol. The molecule has 9 aromatic rings. The first-order chi connectivity index (χ1) is 23.8. The molecule has 0 saturated heterocycles. The van der Waals surface area contributed by atoms with Crippen molar-refractivity contribution >= 4 is 59.3 Å². The molecule has 9 rings (SSSR count). The molecule has 1 nitrogen and oxygen atoms in total. The lowest BCUT2D eigenvalue weighted by Gasteiger charge is -2.27. The molecule has 0 aliphatic carbocycles. The molecule has 2 heteroatoms. The molecule has 0 saturated carbocycles. The Morgan fingerprint density at radius 3 is 1.71 bits per heavy atom. The number of rotatable bonds is 6. The highest BCUT2D eigenvalue weighted by molar-refractivity contribution is 7.26. The van der Waals surface area contributed by atoms with Gasteiger partial charge < -0.3 is 4.90 Å². The third-order valence-corrected chi connectivity index (χ3v) is 10.4. The molecule has 0 aliphatic rings. The van der Waals surface area contributed by atoms with Crippen molar-refractivity contribution in [3.05, 3.63) is 188 Å². The van der Waals surface area contributed by atoms with Crippen molar-refractivity contribution in [3.63, 3.8) is 0 Å². The fourth-order valence-electron chi connectivity index (χ4n) is 6.95. The predicted octanol–water partition coefficient (Wildman–Crippen LogP) is 13.7. The first kappa shape index (κ1) is 28.3. The molecule has 1 heterocycles. The van der Waals surface area contributed by atoms with Crippen LogP contribution in [0.1, 0.15) is 0 Å². The van der Waals surface area contributed by atoms with Crippen molar-refractivity contribution in [2.24, 2.45) is 0 Å². The number of anilines is 3. The smallest absolute Gasteiger partial charge is 0.0554 e. The highest BCUT2D eigenvalue weighted by Crippen LogP contribution is 2.45. The minimum atomic E-state index is 1.12. The van der Waals surface area contributed by atoms with E-state index in [1.54, 1.807) is 0 Å². The lowest BCUT2D eigenvalue weighted by molar-refractivity contribution is 1.30. The van der Waals surface area contributed by atoms with Crippen LogP contribution in [0.15, 0.2) is 188 Å². The second-order valence-electron chi connectivity index (χ2n) is 12.2. The van der Waals surface area contributed by atoms with E-state index in [9.17, 15) is 0 Å². The Balaban J connectivity index is 1.18. The van der Waals surface area contributed by atoms with E-state index in [4.69, 9.17) is 0 Å². The molecule has 0 fully saturated rings. The van der Waals surface area contributed by atoms with E-state index < -0.39 is 0 Å². The summed E-state index contributed by atoms with van der Waals surface area (Å²) in [5.41, 5.74) is 10.7. The number of benzene rings is 8. The molecule has 0 amide bonds. The van der Waals surface area contributed by atoms with Crippen molar-refractivity contribution in [2.45, 2.75) is 0 Å². The molecular weight excluding hydrogens is 599 g/mol. The van der Waals surface area contributed by atoms with Crippen LogP contribution in [0.3, 0.4) is 0 Å². The minimum Gasteiger partial charge on any atom is -0.310 e. The Labute approximate surface area is 284 Å². The summed E-state index contributed by atoms with van der Waals surface area (Å²) in [4.78, 5) is 2.43. The van der Waals surface area contributed by atoms with Gasteiger partial charge in [-0.15, -0.1) is 11.3 Å². The number of fused-ring (bicyclic) bond motifs is 4. The van der Waals surface area contributed by atoms with Crippen molar-refractivity contribution < 1.29 is 0 Å². The monoisotopic (exact) mass is 629 g/mol. The molecule has 0 N–H and O–H groups in total. The zero-order valence-electron chi connectivity index (χ0n) is 26.3. The number of hydrogen-bond donors (Lipinski definition) is 0. The summed E-state index contributed by atoms with van der Waals surface area (Å²) in [6.45, 7) is 0. The Hall–Kier alpha value is -5.96. The first-order valence-corrected chi connectivity index (χ1v) is 17.2. The summed E-state index contributed by atoms with van der Waals surface area (Å²) < 4.78 is 2.60. The van der Waals surface area contributed by atoms with Crippen LogP contribution >= 0.6 is 11.3 Å². The van der Waals surface area contributed by atoms with E-state index in [1.807, 2.05) is 11.3 Å². The van der Waals surface area contributed by atoms with Crippen molar-refractivity contribution in [2.75, 3.05) is 4.90 Å². The fourth-order valence-corrected chi connectivity index (χ4v) is 8.07. The molecule has 226 valence electrons. The Morgan fingerprint density at radius 1 is 0.354 bits per heavy atom. The van der Waals surface area contributed by atoms with Gasteiger partial charge in [0.05, 0.1) is 5.69 Å². The second-order valence-corrected chi connectivity index (χ2v) is 13.2. The fraction of sp³-hybridized carbons (Fsp3) is 0. The van der Waals surface area contributed by atoms with Crippen LogP contribution in [-0.2, 0) is 0 Å². The third kappa shape index (κ3) is 5.04. The lowest BCUT2D eigenvalue weighted by atomic mass is 9.97. The van der Waals surface area contributed by atoms with Gasteiger partial charge >= 0.3 is 0 Å². The van der Waals surface area contributed by atoms with E-state index in [1.165, 1.54) is 70.0 Å². The van der Waals surface area contributed by atoms with E-state index in [0.717, 1.165) is 11.4 Å². The standard InChI is InChI=1S/C46H31NS/c1-2-11-32(12-3-1)33-23-25-34(26-24-33)35-27-29-38(30-28-35)47(43-20-10-22-45-46(43)42-18-6-7-21-44(42)48-45)39-16-8-15-37(31-39)41-19-9-14-36-13-4-5-17-40(36)41/h1-31H. The zero-order valence-corrected chi connectivity index (χ0v) is 27.1. The number of nitrogens with zero attached hydrogens (tertiary/aromatic N) is 1. The summed E-state index contributed by atoms with van der Waals surface area (Å²) >= 11 is 1.86. The number of thiophene rings is 1. The summed E-state index contributed by atoms with van der Waals surface area (Å²) in [5.74, 6) is 0. The van der Waals surface area contributed by atoms with Crippen LogP contribution < -0.4 is 4.90 Å². The Bertz CT molecular complexity index is 2540. The van der Waals surface area contributed by atoms with Crippen LogP contribution in [0.5, 0.6) is 0 Å². The topological polar surface area (TPSA) is 3.24 Å². The highest BCUT2D eigenvalue weighted by Gasteiger charge is 2.19. The summed E-state index contributed by atoms with van der Waals surface area (Å²) in [7, 11) is 0. The molecule has 0 bridgehead atoms. The molecular formula is C46H31NS. The van der Waals surface area contributed by atoms with Gasteiger partial charge in [0.15, 0.2) is 0 Å². The average Bonchev–Trinajstić information content (AvgIpc) is 3.55. The van der Waals surface area contributed by atoms with E-state index >= 15 is 0 Å². The molecule has 48 heavy (non-hydrogen) atoms. The van der Waals surface area contributed by atoms with Gasteiger partial charge in [-0.3, -0.25) is 0 Å². The van der Waals surface area contributed by atoms with Crippen LogP contribution in [-0.4, -0.2) is 0 Å². The summed E-state index contributed by atoms with van der Waals surface area (Å²) in [5, 5.41) is 5.09. The van der Waals surface area contributed by atoms with Crippen LogP contribution in [0.25, 0.3) is 64.3 Å². The SMILES string of the molecule is c1ccc(-c2ccc(-c3ccc(N(c4cccc(-c5cccc6ccccc56)c4)c4cccc5sc6ccccc6c45)cc3)cc2)cc1. The largest absolute Gasteiger partial charge is 0.310 e. The Morgan fingerprint density at radius 2 is 0.917 bits per heavy atom. The third-order valence-electron chi connectivity index (χ3n) is 9.28. The summed E-state index contributed by atoms with van der Waals surface area (Å²) in [6.07, 6.45) is 0. The van der Waals surface area contributed by atoms with Gasteiger partial charge in [0.1, 0.15) is 0 Å². The van der Waals surface area contributed by atoms with Gasteiger partial charge in [0.2, 0.25) is 0 Å². The summed E-state index contributed by atoms with van der Waals surface area (Å²) in [6, 6.07) is 68.1. The maximum absolute atomic E-state index is 2.43. The maximum atomic E-state index is 2.43. The van der Waals surface area contributed by atoms with Gasteiger partial charge in [-0.05, 0) is 86.6 Å². The minimum absolute atomic E-state index is 1.12. The Kier molecular flexibility index (Phi) is 7.07. The number of hydrogen-bond acceptors (Lipinski definition) is 2. The highest BCUT2D eigenvalue weighted by atomic mass is 32.1. The van der Waals surface area contributed by atoms with Crippen LogP contribution in [0.2, 0.25) is 0 Å². The normalized spacial score (nSPS) is 11.3. The molecule has 0 radical (unpaired) electrons. The van der Waals surface area contributed by atoms with Crippen molar-refractivity contribution in [1.82, 2.24) is 0 Å². The van der Waals surface area contributed by atoms with E-state index in [-0.39, 0.29) is 0 Å². The van der Waals surface area contributed by atoms with Gasteiger partial charge in [0.25, 0.3) is 0 Å². The first-order valence-electron chi connectivity index (χ1n) is 16.3. The molecule has 0 spiro atoms.